The van der Waals surface area contributed by atoms with Crippen molar-refractivity contribution in [1.29, 1.82) is 0 Å². The molecule has 1 heterocycles. The van der Waals surface area contributed by atoms with Crippen molar-refractivity contribution in [2.24, 2.45) is 5.92 Å². The quantitative estimate of drug-likeness (QED) is 0.893. The number of hydrogen-bond acceptors (Lipinski definition) is 3. The average molecular weight is 247 g/mol. The van der Waals surface area contributed by atoms with Crippen molar-refractivity contribution in [2.45, 2.75) is 38.9 Å². The number of amides is 1. The van der Waals surface area contributed by atoms with Crippen LogP contribution in [0.4, 0.5) is 5.69 Å². The van der Waals surface area contributed by atoms with Gasteiger partial charge in [-0.05, 0) is 25.0 Å². The van der Waals surface area contributed by atoms with Gasteiger partial charge < -0.3 is 14.8 Å². The second kappa shape index (κ2) is 3.90. The number of hydrogen-bond donors (Lipinski definition) is 1. The topological polar surface area (TPSA) is 47.6 Å². The van der Waals surface area contributed by atoms with E-state index in [9.17, 15) is 4.79 Å². The lowest BCUT2D eigenvalue weighted by molar-refractivity contribution is -0.117. The molecule has 4 heteroatoms. The molecule has 4 nitrogen and oxygen atoms in total. The van der Waals surface area contributed by atoms with Gasteiger partial charge >= 0.3 is 0 Å². The number of benzene rings is 1. The molecule has 96 valence electrons. The number of fused-ring (bicyclic) bond motifs is 1. The van der Waals surface area contributed by atoms with Crippen molar-refractivity contribution in [2.75, 3.05) is 5.32 Å². The maximum atomic E-state index is 11.7. The van der Waals surface area contributed by atoms with Crippen LogP contribution >= 0.6 is 0 Å². The van der Waals surface area contributed by atoms with Crippen LogP contribution in [0.3, 0.4) is 0 Å². The largest absolute Gasteiger partial charge is 0.449 e. The van der Waals surface area contributed by atoms with Gasteiger partial charge in [0.15, 0.2) is 11.5 Å². The Bertz CT molecular complexity index is 496. The fourth-order valence-electron chi connectivity index (χ4n) is 1.97. The summed E-state index contributed by atoms with van der Waals surface area (Å²) in [5, 5.41) is 2.90. The summed E-state index contributed by atoms with van der Waals surface area (Å²) < 4.78 is 11.5. The van der Waals surface area contributed by atoms with Crippen molar-refractivity contribution < 1.29 is 14.3 Å². The first-order chi connectivity index (χ1) is 8.59. The second-order valence-electron chi connectivity index (χ2n) is 5.12. The first kappa shape index (κ1) is 11.4. The molecule has 1 aromatic carbocycles. The van der Waals surface area contributed by atoms with E-state index in [1.807, 2.05) is 32.0 Å². The van der Waals surface area contributed by atoms with Crippen molar-refractivity contribution in [1.82, 2.24) is 0 Å². The Labute approximate surface area is 106 Å². The number of anilines is 1. The molecule has 1 N–H and O–H groups in total. The third-order valence-corrected chi connectivity index (χ3v) is 3.45. The molecule has 18 heavy (non-hydrogen) atoms. The fourth-order valence-corrected chi connectivity index (χ4v) is 1.97. The summed E-state index contributed by atoms with van der Waals surface area (Å²) in [5.74, 6) is 1.17. The van der Waals surface area contributed by atoms with Gasteiger partial charge in [-0.1, -0.05) is 6.92 Å². The van der Waals surface area contributed by atoms with Gasteiger partial charge in [0, 0.05) is 31.0 Å². The first-order valence-electron chi connectivity index (χ1n) is 6.42. The summed E-state index contributed by atoms with van der Waals surface area (Å²) in [7, 11) is 0. The summed E-state index contributed by atoms with van der Waals surface area (Å²) in [4.78, 5) is 11.7. The highest BCUT2D eigenvalue weighted by molar-refractivity contribution is 5.94. The molecule has 1 amide bonds. The van der Waals surface area contributed by atoms with E-state index in [0.29, 0.717) is 5.75 Å². The van der Waals surface area contributed by atoms with E-state index in [2.05, 4.69) is 5.32 Å². The molecule has 1 saturated carbocycles. The Morgan fingerprint density at radius 2 is 2.11 bits per heavy atom. The van der Waals surface area contributed by atoms with Crippen molar-refractivity contribution in [3.8, 4) is 11.5 Å². The van der Waals surface area contributed by atoms with E-state index < -0.39 is 5.79 Å². The van der Waals surface area contributed by atoms with Gasteiger partial charge in [-0.2, -0.15) is 0 Å². The predicted molar refractivity (Wildman–Crippen MR) is 67.7 cm³/mol. The van der Waals surface area contributed by atoms with Crippen LogP contribution in [0.25, 0.3) is 0 Å². The Hall–Kier alpha value is -1.71. The third-order valence-electron chi connectivity index (χ3n) is 3.45. The molecule has 1 aromatic rings. The zero-order valence-corrected chi connectivity index (χ0v) is 10.7. The zero-order valence-electron chi connectivity index (χ0n) is 10.7. The Morgan fingerprint density at radius 3 is 2.78 bits per heavy atom. The highest BCUT2D eigenvalue weighted by Gasteiger charge is 2.35. The molecule has 1 unspecified atom stereocenters. The van der Waals surface area contributed by atoms with E-state index in [0.717, 1.165) is 30.7 Å². The minimum atomic E-state index is -0.582. The number of carbonyl (C=O) groups excluding carboxylic acids is 1. The van der Waals surface area contributed by atoms with Crippen LogP contribution in [-0.2, 0) is 4.79 Å². The molecule has 0 spiro atoms. The van der Waals surface area contributed by atoms with Gasteiger partial charge in [-0.15, -0.1) is 0 Å². The van der Waals surface area contributed by atoms with Crippen LogP contribution in [0.1, 0.15) is 33.1 Å². The summed E-state index contributed by atoms with van der Waals surface area (Å²) >= 11 is 0. The highest BCUT2D eigenvalue weighted by atomic mass is 16.7. The minimum absolute atomic E-state index is 0.104. The van der Waals surface area contributed by atoms with E-state index in [1.54, 1.807) is 0 Å². The highest BCUT2D eigenvalue weighted by Crippen LogP contribution is 2.42. The van der Waals surface area contributed by atoms with Gasteiger partial charge in [-0.3, -0.25) is 4.79 Å². The van der Waals surface area contributed by atoms with E-state index in [-0.39, 0.29) is 11.8 Å². The van der Waals surface area contributed by atoms with Crippen LogP contribution in [0.15, 0.2) is 18.2 Å². The first-order valence-corrected chi connectivity index (χ1v) is 6.42. The monoisotopic (exact) mass is 247 g/mol. The van der Waals surface area contributed by atoms with Gasteiger partial charge in [0.1, 0.15) is 0 Å². The summed E-state index contributed by atoms with van der Waals surface area (Å²) in [5.41, 5.74) is 0.773. The molecule has 1 fully saturated rings. The molecular weight excluding hydrogens is 230 g/mol. The SMILES string of the molecule is CCC1(C)Oc2ccc(NC(=O)C3CC3)cc2O1. The molecule has 0 radical (unpaired) electrons. The maximum Gasteiger partial charge on any atom is 0.248 e. The Morgan fingerprint density at radius 1 is 1.39 bits per heavy atom. The van der Waals surface area contributed by atoms with Gasteiger partial charge in [-0.25, -0.2) is 0 Å². The lowest BCUT2D eigenvalue weighted by atomic mass is 10.2. The van der Waals surface area contributed by atoms with Crippen LogP contribution in [0, 0.1) is 5.92 Å². The lowest BCUT2D eigenvalue weighted by Crippen LogP contribution is -2.33. The Kier molecular flexibility index (Phi) is 2.47. The molecule has 2 aliphatic rings. The summed E-state index contributed by atoms with van der Waals surface area (Å²) in [6.45, 7) is 3.93. The van der Waals surface area contributed by atoms with Gasteiger partial charge in [0.2, 0.25) is 11.7 Å². The molecule has 1 atom stereocenters. The normalized spacial score (nSPS) is 25.0. The number of nitrogens with one attached hydrogen (secondary N) is 1. The van der Waals surface area contributed by atoms with E-state index in [4.69, 9.17) is 9.47 Å². The third kappa shape index (κ3) is 2.03. The maximum absolute atomic E-state index is 11.7. The molecule has 3 rings (SSSR count). The lowest BCUT2D eigenvalue weighted by Gasteiger charge is -2.20. The smallest absolute Gasteiger partial charge is 0.248 e. The molecular formula is C14H17NO3. The van der Waals surface area contributed by atoms with Gasteiger partial charge in [0.05, 0.1) is 0 Å². The van der Waals surface area contributed by atoms with Crippen LogP contribution in [-0.4, -0.2) is 11.7 Å². The molecule has 0 aromatic heterocycles. The summed E-state index contributed by atoms with van der Waals surface area (Å²) in [6.07, 6.45) is 2.78. The Balaban J connectivity index is 1.76. The average Bonchev–Trinajstić information content (AvgIpc) is 3.12. The van der Waals surface area contributed by atoms with Crippen molar-refractivity contribution in [3.05, 3.63) is 18.2 Å². The predicted octanol–water partition coefficient (Wildman–Crippen LogP) is 2.93. The van der Waals surface area contributed by atoms with Gasteiger partial charge in [0.25, 0.3) is 0 Å². The molecule has 1 aliphatic heterocycles. The standard InChI is InChI=1S/C14H17NO3/c1-3-14(2)17-11-7-6-10(8-12(11)18-14)15-13(16)9-4-5-9/h6-9H,3-5H2,1-2H3,(H,15,16). The zero-order chi connectivity index (χ0) is 12.8. The van der Waals surface area contributed by atoms with Crippen LogP contribution in [0.2, 0.25) is 0 Å². The minimum Gasteiger partial charge on any atom is -0.449 e. The number of carbonyl (C=O) groups is 1. The molecule has 1 aliphatic carbocycles. The fraction of sp³-hybridized carbons (Fsp3) is 0.500. The van der Waals surface area contributed by atoms with Crippen LogP contribution < -0.4 is 14.8 Å². The van der Waals surface area contributed by atoms with Crippen molar-refractivity contribution in [3.63, 3.8) is 0 Å². The van der Waals surface area contributed by atoms with Crippen molar-refractivity contribution >= 4 is 11.6 Å². The summed E-state index contributed by atoms with van der Waals surface area (Å²) in [6, 6.07) is 5.53. The van der Waals surface area contributed by atoms with Crippen LogP contribution in [0.5, 0.6) is 11.5 Å². The van der Waals surface area contributed by atoms with E-state index >= 15 is 0 Å². The van der Waals surface area contributed by atoms with E-state index in [1.165, 1.54) is 0 Å². The number of rotatable bonds is 3. The molecule has 0 saturated heterocycles. The number of ether oxygens (including phenoxy) is 2. The second-order valence-corrected chi connectivity index (χ2v) is 5.12. The molecule has 0 bridgehead atoms.